The Morgan fingerprint density at radius 1 is 1.20 bits per heavy atom. The molecule has 0 amide bonds. The first-order valence-corrected chi connectivity index (χ1v) is 8.03. The summed E-state index contributed by atoms with van der Waals surface area (Å²) in [6.45, 7) is -0.116. The topological polar surface area (TPSA) is 86.0 Å². The van der Waals surface area contributed by atoms with Crippen molar-refractivity contribution in [3.05, 3.63) is 68.5 Å². The van der Waals surface area contributed by atoms with E-state index < -0.39 is 11.6 Å². The maximum Gasteiger partial charge on any atom is 0.339 e. The van der Waals surface area contributed by atoms with Crippen molar-refractivity contribution in [2.45, 2.75) is 6.61 Å². The summed E-state index contributed by atoms with van der Waals surface area (Å²) in [5.41, 5.74) is 0.427. The molecule has 0 saturated heterocycles. The second-order valence-electron chi connectivity index (χ2n) is 5.19. The average Bonchev–Trinajstić information content (AvgIpc) is 2.59. The molecule has 3 rings (SSSR count). The van der Waals surface area contributed by atoms with E-state index in [4.69, 9.17) is 13.9 Å². The van der Waals surface area contributed by atoms with Crippen molar-refractivity contribution in [2.75, 3.05) is 7.11 Å². The summed E-state index contributed by atoms with van der Waals surface area (Å²) >= 11 is 3.30. The lowest BCUT2D eigenvalue weighted by Gasteiger charge is -2.09. The van der Waals surface area contributed by atoms with Crippen LogP contribution in [-0.2, 0) is 11.3 Å². The van der Waals surface area contributed by atoms with Crippen LogP contribution in [0.4, 0.5) is 0 Å². The molecule has 128 valence electrons. The van der Waals surface area contributed by atoms with Gasteiger partial charge in [-0.3, -0.25) is 0 Å². The summed E-state index contributed by atoms with van der Waals surface area (Å²) in [6.07, 6.45) is 0. The van der Waals surface area contributed by atoms with Gasteiger partial charge < -0.3 is 19.0 Å². The van der Waals surface area contributed by atoms with Gasteiger partial charge in [0.1, 0.15) is 23.7 Å². The smallest absolute Gasteiger partial charge is 0.339 e. The zero-order valence-corrected chi connectivity index (χ0v) is 14.7. The minimum Gasteiger partial charge on any atom is -0.508 e. The molecule has 0 unspecified atom stereocenters. The van der Waals surface area contributed by atoms with Gasteiger partial charge in [-0.2, -0.15) is 0 Å². The van der Waals surface area contributed by atoms with Gasteiger partial charge in [0.05, 0.1) is 12.7 Å². The molecule has 1 aromatic heterocycles. The average molecular weight is 405 g/mol. The summed E-state index contributed by atoms with van der Waals surface area (Å²) in [4.78, 5) is 24.0. The Morgan fingerprint density at radius 2 is 2.00 bits per heavy atom. The monoisotopic (exact) mass is 404 g/mol. The van der Waals surface area contributed by atoms with Gasteiger partial charge in [-0.1, -0.05) is 0 Å². The van der Waals surface area contributed by atoms with Crippen LogP contribution in [-0.4, -0.2) is 18.2 Å². The lowest BCUT2D eigenvalue weighted by molar-refractivity contribution is 0.0472. The van der Waals surface area contributed by atoms with Crippen molar-refractivity contribution in [2.24, 2.45) is 0 Å². The molecule has 6 nitrogen and oxygen atoms in total. The van der Waals surface area contributed by atoms with E-state index in [1.807, 2.05) is 0 Å². The Bertz CT molecular complexity index is 1010. The van der Waals surface area contributed by atoms with Crippen LogP contribution >= 0.6 is 15.9 Å². The molecule has 25 heavy (non-hydrogen) atoms. The van der Waals surface area contributed by atoms with Crippen molar-refractivity contribution in [1.82, 2.24) is 0 Å². The molecule has 0 radical (unpaired) electrons. The third kappa shape index (κ3) is 3.66. The third-order valence-corrected chi connectivity index (χ3v) is 4.26. The molecule has 0 saturated carbocycles. The zero-order valence-electron chi connectivity index (χ0n) is 13.1. The number of aromatic hydroxyl groups is 1. The van der Waals surface area contributed by atoms with E-state index >= 15 is 0 Å². The summed E-state index contributed by atoms with van der Waals surface area (Å²) < 4.78 is 16.0. The number of halogens is 1. The summed E-state index contributed by atoms with van der Waals surface area (Å²) in [7, 11) is 1.50. The first kappa shape index (κ1) is 17.0. The quantitative estimate of drug-likeness (QED) is 0.527. The highest BCUT2D eigenvalue weighted by atomic mass is 79.9. The molecule has 0 fully saturated rings. The van der Waals surface area contributed by atoms with Gasteiger partial charge in [0, 0.05) is 27.6 Å². The number of methoxy groups -OCH3 is 1. The van der Waals surface area contributed by atoms with Crippen LogP contribution in [0.25, 0.3) is 11.0 Å². The molecule has 1 heterocycles. The molecule has 0 aliphatic heterocycles. The SMILES string of the molecule is COc1ccc(Br)c(C(=O)OCc2cc(=O)oc3cc(O)ccc23)c1. The van der Waals surface area contributed by atoms with Gasteiger partial charge in [0.25, 0.3) is 0 Å². The molecule has 3 aromatic rings. The van der Waals surface area contributed by atoms with Crippen molar-refractivity contribution < 1.29 is 23.8 Å². The van der Waals surface area contributed by atoms with Crippen LogP contribution in [0.15, 0.2) is 56.1 Å². The van der Waals surface area contributed by atoms with Crippen LogP contribution in [0.5, 0.6) is 11.5 Å². The zero-order chi connectivity index (χ0) is 18.0. The Kier molecular flexibility index (Phi) is 4.76. The summed E-state index contributed by atoms with van der Waals surface area (Å²) in [5, 5.41) is 10.1. The molecule has 1 N–H and O–H groups in total. The van der Waals surface area contributed by atoms with Gasteiger partial charge in [0.15, 0.2) is 0 Å². The number of esters is 1. The molecule has 0 bridgehead atoms. The minimum atomic E-state index is -0.591. The maximum atomic E-state index is 12.3. The molecular weight excluding hydrogens is 392 g/mol. The minimum absolute atomic E-state index is 0.0231. The summed E-state index contributed by atoms with van der Waals surface area (Å²) in [6, 6.07) is 10.6. The van der Waals surface area contributed by atoms with E-state index in [9.17, 15) is 14.7 Å². The van der Waals surface area contributed by atoms with Crippen molar-refractivity contribution >= 4 is 32.9 Å². The Balaban J connectivity index is 1.88. The predicted molar refractivity (Wildman–Crippen MR) is 94.0 cm³/mol. The predicted octanol–water partition coefficient (Wildman–Crippen LogP) is 3.63. The van der Waals surface area contributed by atoms with E-state index in [-0.39, 0.29) is 17.9 Å². The van der Waals surface area contributed by atoms with Gasteiger partial charge in [-0.05, 0) is 46.3 Å². The lowest BCUT2D eigenvalue weighted by atomic mass is 10.1. The molecule has 0 spiro atoms. The molecule has 0 aliphatic rings. The fourth-order valence-electron chi connectivity index (χ4n) is 2.35. The number of carbonyl (C=O) groups excluding carboxylic acids is 1. The van der Waals surface area contributed by atoms with Crippen molar-refractivity contribution in [1.29, 1.82) is 0 Å². The number of phenols is 1. The number of phenolic OH excluding ortho intramolecular Hbond substituents is 1. The second-order valence-corrected chi connectivity index (χ2v) is 6.05. The number of rotatable bonds is 4. The summed E-state index contributed by atoms with van der Waals surface area (Å²) in [5.74, 6) is -0.0625. The normalized spacial score (nSPS) is 10.6. The largest absolute Gasteiger partial charge is 0.508 e. The van der Waals surface area contributed by atoms with Crippen LogP contribution in [0.1, 0.15) is 15.9 Å². The Morgan fingerprint density at radius 3 is 2.76 bits per heavy atom. The van der Waals surface area contributed by atoms with E-state index in [1.165, 1.54) is 25.3 Å². The highest BCUT2D eigenvalue weighted by Gasteiger charge is 2.15. The number of benzene rings is 2. The number of ether oxygens (including phenoxy) is 2. The first-order chi connectivity index (χ1) is 12.0. The first-order valence-electron chi connectivity index (χ1n) is 7.24. The number of hydrogen-bond acceptors (Lipinski definition) is 6. The van der Waals surface area contributed by atoms with Gasteiger partial charge in [-0.25, -0.2) is 9.59 Å². The van der Waals surface area contributed by atoms with Crippen molar-refractivity contribution in [3.8, 4) is 11.5 Å². The highest BCUT2D eigenvalue weighted by molar-refractivity contribution is 9.10. The van der Waals surface area contributed by atoms with Crippen LogP contribution in [0, 0.1) is 0 Å². The fraction of sp³-hybridized carbons (Fsp3) is 0.111. The van der Waals surface area contributed by atoms with Gasteiger partial charge >= 0.3 is 11.6 Å². The fourth-order valence-corrected chi connectivity index (χ4v) is 2.76. The van der Waals surface area contributed by atoms with E-state index in [1.54, 1.807) is 24.3 Å². The van der Waals surface area contributed by atoms with Crippen molar-refractivity contribution in [3.63, 3.8) is 0 Å². The molecule has 7 heteroatoms. The number of hydrogen-bond donors (Lipinski definition) is 1. The molecule has 0 aliphatic carbocycles. The van der Waals surface area contributed by atoms with Crippen LogP contribution < -0.4 is 10.4 Å². The van der Waals surface area contributed by atoms with Crippen LogP contribution in [0.3, 0.4) is 0 Å². The van der Waals surface area contributed by atoms with Gasteiger partial charge in [0.2, 0.25) is 0 Å². The number of carbonyl (C=O) groups is 1. The van der Waals surface area contributed by atoms with E-state index in [2.05, 4.69) is 15.9 Å². The number of fused-ring (bicyclic) bond motifs is 1. The standard InChI is InChI=1S/C18H13BrO6/c1-23-12-3-5-15(19)14(8-12)18(22)24-9-10-6-17(21)25-16-7-11(20)2-4-13(10)16/h2-8,20H,9H2,1H3. The third-order valence-electron chi connectivity index (χ3n) is 3.57. The van der Waals surface area contributed by atoms with E-state index in [0.29, 0.717) is 26.7 Å². The van der Waals surface area contributed by atoms with Crippen LogP contribution in [0.2, 0.25) is 0 Å². The Hall–Kier alpha value is -2.80. The molecule has 2 aromatic carbocycles. The second kappa shape index (κ2) is 6.98. The maximum absolute atomic E-state index is 12.3. The molecule has 0 atom stereocenters. The Labute approximate surface area is 150 Å². The van der Waals surface area contributed by atoms with Gasteiger partial charge in [-0.15, -0.1) is 0 Å². The highest BCUT2D eigenvalue weighted by Crippen LogP contribution is 2.25. The van der Waals surface area contributed by atoms with E-state index in [0.717, 1.165) is 0 Å². The lowest BCUT2D eigenvalue weighted by Crippen LogP contribution is -2.08. The molecular formula is C18H13BrO6.